The summed E-state index contributed by atoms with van der Waals surface area (Å²) in [6, 6.07) is 0. The molecule has 0 spiro atoms. The van der Waals surface area contributed by atoms with Crippen LogP contribution >= 0.6 is 11.3 Å². The molecule has 1 amide bonds. The molecule has 1 heterocycles. The highest BCUT2D eigenvalue weighted by atomic mass is 32.1. The number of nitrogens with zero attached hydrogens (tertiary/aromatic N) is 1. The minimum atomic E-state index is -0.888. The number of carbonyl (C=O) groups is 2. The van der Waals surface area contributed by atoms with E-state index in [0.717, 1.165) is 5.01 Å². The first-order valence-corrected chi connectivity index (χ1v) is 6.77. The molecule has 0 aliphatic rings. The third kappa shape index (κ3) is 3.07. The third-order valence-electron chi connectivity index (χ3n) is 3.25. The van der Waals surface area contributed by atoms with Crippen molar-refractivity contribution in [3.63, 3.8) is 0 Å². The van der Waals surface area contributed by atoms with Gasteiger partial charge in [-0.15, -0.1) is 11.3 Å². The lowest BCUT2D eigenvalue weighted by molar-refractivity contribution is -0.149. The lowest BCUT2D eigenvalue weighted by atomic mass is 9.82. The van der Waals surface area contributed by atoms with Gasteiger partial charge in [0.05, 0.1) is 10.4 Å². The highest BCUT2D eigenvalue weighted by Crippen LogP contribution is 2.25. The molecular weight excluding hydrogens is 252 g/mol. The molecule has 18 heavy (non-hydrogen) atoms. The summed E-state index contributed by atoms with van der Waals surface area (Å²) < 4.78 is 0. The number of carboxylic acid groups (broad SMARTS) is 1. The van der Waals surface area contributed by atoms with Crippen LogP contribution in [0.2, 0.25) is 0 Å². The zero-order chi connectivity index (χ0) is 13.8. The van der Waals surface area contributed by atoms with Crippen molar-refractivity contribution in [1.82, 2.24) is 10.3 Å². The Kier molecular flexibility index (Phi) is 4.84. The Bertz CT molecular complexity index is 438. The van der Waals surface area contributed by atoms with Gasteiger partial charge in [0.25, 0.3) is 5.91 Å². The molecule has 1 rings (SSSR count). The summed E-state index contributed by atoms with van der Waals surface area (Å²) in [7, 11) is 0. The number of aryl methyl sites for hydroxylation is 1. The first kappa shape index (κ1) is 14.6. The van der Waals surface area contributed by atoms with Crippen LogP contribution in [0, 0.1) is 12.3 Å². The van der Waals surface area contributed by atoms with E-state index in [-0.39, 0.29) is 12.5 Å². The van der Waals surface area contributed by atoms with Gasteiger partial charge in [0, 0.05) is 11.9 Å². The number of hydrogen-bond donors (Lipinski definition) is 2. The number of thiazole rings is 1. The Morgan fingerprint density at radius 2 is 2.06 bits per heavy atom. The summed E-state index contributed by atoms with van der Waals surface area (Å²) in [6.45, 7) is 5.58. The summed E-state index contributed by atoms with van der Waals surface area (Å²) in [5, 5.41) is 14.4. The molecular formula is C12H18N2O3S. The van der Waals surface area contributed by atoms with Crippen LogP contribution in [-0.4, -0.2) is 28.5 Å². The smallest absolute Gasteiger partial charge is 0.311 e. The fraction of sp³-hybridized carbons (Fsp3) is 0.583. The monoisotopic (exact) mass is 270 g/mol. The fourth-order valence-corrected chi connectivity index (χ4v) is 2.28. The molecule has 0 aliphatic heterocycles. The molecule has 0 aliphatic carbocycles. The summed E-state index contributed by atoms with van der Waals surface area (Å²) in [6.07, 6.45) is 0.963. The van der Waals surface area contributed by atoms with Crippen molar-refractivity contribution >= 4 is 23.2 Å². The maximum Gasteiger partial charge on any atom is 0.311 e. The number of aliphatic carboxylic acids is 1. The summed E-state index contributed by atoms with van der Waals surface area (Å²) in [5.41, 5.74) is -0.537. The molecule has 0 unspecified atom stereocenters. The molecule has 0 radical (unpaired) electrons. The van der Waals surface area contributed by atoms with Gasteiger partial charge in [0.15, 0.2) is 0 Å². The van der Waals surface area contributed by atoms with Gasteiger partial charge in [-0.1, -0.05) is 13.8 Å². The zero-order valence-electron chi connectivity index (χ0n) is 10.8. The van der Waals surface area contributed by atoms with Crippen LogP contribution < -0.4 is 5.32 Å². The highest BCUT2D eigenvalue weighted by Gasteiger charge is 2.35. The van der Waals surface area contributed by atoms with Gasteiger partial charge in [0.2, 0.25) is 0 Å². The summed E-state index contributed by atoms with van der Waals surface area (Å²) >= 11 is 1.40. The van der Waals surface area contributed by atoms with E-state index in [2.05, 4.69) is 10.3 Å². The van der Waals surface area contributed by atoms with Crippen LogP contribution in [0.15, 0.2) is 5.38 Å². The molecule has 0 bridgehead atoms. The van der Waals surface area contributed by atoms with Crippen molar-refractivity contribution in [3.05, 3.63) is 16.1 Å². The largest absolute Gasteiger partial charge is 0.481 e. The average Bonchev–Trinajstić information content (AvgIpc) is 2.77. The first-order valence-electron chi connectivity index (χ1n) is 5.89. The van der Waals surface area contributed by atoms with Crippen molar-refractivity contribution < 1.29 is 14.7 Å². The van der Waals surface area contributed by atoms with Gasteiger partial charge in [-0.05, 0) is 19.8 Å². The second-order valence-electron chi connectivity index (χ2n) is 4.23. The topological polar surface area (TPSA) is 79.3 Å². The van der Waals surface area contributed by atoms with Crippen molar-refractivity contribution in [2.75, 3.05) is 6.54 Å². The van der Waals surface area contributed by atoms with Gasteiger partial charge < -0.3 is 10.4 Å². The number of rotatable bonds is 6. The second-order valence-corrected chi connectivity index (χ2v) is 5.29. The van der Waals surface area contributed by atoms with Crippen LogP contribution in [0.4, 0.5) is 0 Å². The van der Waals surface area contributed by atoms with E-state index in [4.69, 9.17) is 0 Å². The number of nitrogens with one attached hydrogen (secondary N) is 1. The van der Waals surface area contributed by atoms with Crippen molar-refractivity contribution in [1.29, 1.82) is 0 Å². The number of aromatic nitrogens is 1. The van der Waals surface area contributed by atoms with Crippen molar-refractivity contribution in [2.24, 2.45) is 5.41 Å². The van der Waals surface area contributed by atoms with E-state index < -0.39 is 11.4 Å². The molecule has 6 heteroatoms. The van der Waals surface area contributed by atoms with E-state index in [1.165, 1.54) is 11.3 Å². The number of hydrogen-bond acceptors (Lipinski definition) is 4. The quantitative estimate of drug-likeness (QED) is 0.829. The van der Waals surface area contributed by atoms with E-state index in [9.17, 15) is 14.7 Å². The molecule has 1 aromatic heterocycles. The van der Waals surface area contributed by atoms with Crippen molar-refractivity contribution in [2.45, 2.75) is 33.6 Å². The van der Waals surface area contributed by atoms with Gasteiger partial charge in [-0.25, -0.2) is 4.98 Å². The minimum Gasteiger partial charge on any atom is -0.481 e. The number of amides is 1. The molecule has 100 valence electrons. The Hall–Kier alpha value is -1.43. The maximum absolute atomic E-state index is 11.8. The normalized spacial score (nSPS) is 11.3. The Balaban J connectivity index is 2.69. The number of carboxylic acids is 1. The molecule has 2 N–H and O–H groups in total. The fourth-order valence-electron chi connectivity index (χ4n) is 1.69. The lowest BCUT2D eigenvalue weighted by Crippen LogP contribution is -2.42. The predicted molar refractivity (Wildman–Crippen MR) is 69.8 cm³/mol. The van der Waals surface area contributed by atoms with E-state index in [1.54, 1.807) is 5.38 Å². The number of carbonyl (C=O) groups excluding carboxylic acids is 1. The molecule has 0 aromatic carbocycles. The van der Waals surface area contributed by atoms with Gasteiger partial charge in [-0.3, -0.25) is 9.59 Å². The highest BCUT2D eigenvalue weighted by molar-refractivity contribution is 7.09. The standard InChI is InChI=1S/C12H18N2O3S/c1-4-12(5-2,11(16)17)7-13-10(15)9-6-18-8(3)14-9/h6H,4-5,7H2,1-3H3,(H,13,15)(H,16,17). The predicted octanol–water partition coefficient (Wildman–Crippen LogP) is 2.07. The molecule has 0 saturated heterocycles. The van der Waals surface area contributed by atoms with Crippen LogP contribution in [0.25, 0.3) is 0 Å². The van der Waals surface area contributed by atoms with Crippen LogP contribution in [-0.2, 0) is 4.79 Å². The Morgan fingerprint density at radius 3 is 2.44 bits per heavy atom. The Labute approximate surface area is 110 Å². The van der Waals surface area contributed by atoms with Crippen LogP contribution in [0.5, 0.6) is 0 Å². The van der Waals surface area contributed by atoms with E-state index in [0.29, 0.717) is 18.5 Å². The third-order valence-corrected chi connectivity index (χ3v) is 4.02. The van der Waals surface area contributed by atoms with Crippen molar-refractivity contribution in [3.8, 4) is 0 Å². The van der Waals surface area contributed by atoms with Gasteiger partial charge in [-0.2, -0.15) is 0 Å². The molecule has 0 fully saturated rings. The minimum absolute atomic E-state index is 0.130. The molecule has 0 atom stereocenters. The molecule has 1 aromatic rings. The SMILES string of the molecule is CCC(CC)(CNC(=O)c1csc(C)n1)C(=O)O. The van der Waals surface area contributed by atoms with Crippen LogP contribution in [0.1, 0.15) is 42.2 Å². The van der Waals surface area contributed by atoms with E-state index in [1.807, 2.05) is 20.8 Å². The zero-order valence-corrected chi connectivity index (χ0v) is 11.6. The molecule has 5 nitrogen and oxygen atoms in total. The first-order chi connectivity index (χ1) is 8.45. The van der Waals surface area contributed by atoms with Gasteiger partial charge >= 0.3 is 5.97 Å². The average molecular weight is 270 g/mol. The van der Waals surface area contributed by atoms with E-state index >= 15 is 0 Å². The second kappa shape index (κ2) is 5.95. The summed E-state index contributed by atoms with van der Waals surface area (Å²) in [5.74, 6) is -1.19. The summed E-state index contributed by atoms with van der Waals surface area (Å²) in [4.78, 5) is 27.1. The van der Waals surface area contributed by atoms with Crippen LogP contribution in [0.3, 0.4) is 0 Å². The lowest BCUT2D eigenvalue weighted by Gasteiger charge is -2.26. The van der Waals surface area contributed by atoms with Gasteiger partial charge in [0.1, 0.15) is 5.69 Å². The maximum atomic E-state index is 11.8. The molecule has 0 saturated carbocycles. The Morgan fingerprint density at radius 1 is 1.44 bits per heavy atom.